The van der Waals surface area contributed by atoms with Crippen LogP contribution in [0, 0.1) is 0 Å². The number of Topliss-reactive ketones (excluding diaryl/α,β-unsaturated/α-hetero) is 1. The van der Waals surface area contributed by atoms with Crippen LogP contribution < -0.4 is 5.73 Å². The molecule has 0 unspecified atom stereocenters. The Morgan fingerprint density at radius 2 is 2.33 bits per heavy atom. The minimum absolute atomic E-state index is 0.00427. The number of benzene rings is 1. The van der Waals surface area contributed by atoms with E-state index < -0.39 is 0 Å². The van der Waals surface area contributed by atoms with E-state index in [1.54, 1.807) is 24.3 Å². The van der Waals surface area contributed by atoms with Crippen molar-refractivity contribution in [2.45, 2.75) is 0 Å². The molecule has 0 aliphatic carbocycles. The van der Waals surface area contributed by atoms with Gasteiger partial charge in [0.2, 0.25) is 5.82 Å². The number of nitrogens with two attached hydrogens (primary N) is 1. The highest BCUT2D eigenvalue weighted by Crippen LogP contribution is 2.14. The normalized spacial score (nSPS) is 10.2. The Morgan fingerprint density at radius 1 is 1.47 bits per heavy atom. The number of carbonyl (C=O) groups is 1. The topological polar surface area (TPSA) is 97.5 Å². The summed E-state index contributed by atoms with van der Waals surface area (Å²) >= 11 is 0. The Kier molecular flexibility index (Phi) is 2.51. The van der Waals surface area contributed by atoms with E-state index in [0.717, 1.165) is 5.56 Å². The maximum absolute atomic E-state index is 11.3. The predicted octanol–water partition coefficient (Wildman–Crippen LogP) is 0.00810. The second-order valence-electron chi connectivity index (χ2n) is 2.94. The van der Waals surface area contributed by atoms with Crippen LogP contribution in [0.25, 0.3) is 11.4 Å². The standard InChI is InChI=1S/C9H9N5O/c10-5-8(15)6-2-1-3-7(4-6)9-11-13-14-12-9/h1-4H,5,10H2,(H,11,12,13,14). The molecular weight excluding hydrogens is 194 g/mol. The fourth-order valence-electron chi connectivity index (χ4n) is 1.23. The first-order valence-electron chi connectivity index (χ1n) is 4.38. The lowest BCUT2D eigenvalue weighted by Crippen LogP contribution is -2.13. The van der Waals surface area contributed by atoms with Gasteiger partial charge in [0.1, 0.15) is 0 Å². The average Bonchev–Trinajstić information content (AvgIpc) is 2.82. The van der Waals surface area contributed by atoms with E-state index in [1.807, 2.05) is 0 Å². The highest BCUT2D eigenvalue weighted by atomic mass is 16.1. The summed E-state index contributed by atoms with van der Waals surface area (Å²) in [4.78, 5) is 11.3. The Bertz CT molecular complexity index is 465. The molecule has 0 aliphatic heterocycles. The first-order valence-corrected chi connectivity index (χ1v) is 4.38. The lowest BCUT2D eigenvalue weighted by molar-refractivity contribution is 0.100. The van der Waals surface area contributed by atoms with Crippen molar-refractivity contribution in [1.82, 2.24) is 20.6 Å². The van der Waals surface area contributed by atoms with Crippen molar-refractivity contribution in [2.24, 2.45) is 5.73 Å². The molecule has 3 N–H and O–H groups in total. The number of nitrogens with one attached hydrogen (secondary N) is 1. The van der Waals surface area contributed by atoms with E-state index in [2.05, 4.69) is 20.6 Å². The van der Waals surface area contributed by atoms with Gasteiger partial charge in [-0.05, 0) is 11.3 Å². The summed E-state index contributed by atoms with van der Waals surface area (Å²) in [7, 11) is 0. The van der Waals surface area contributed by atoms with Gasteiger partial charge in [-0.3, -0.25) is 4.79 Å². The van der Waals surface area contributed by atoms with E-state index in [1.165, 1.54) is 0 Å². The van der Waals surface area contributed by atoms with Crippen LogP contribution in [-0.2, 0) is 0 Å². The van der Waals surface area contributed by atoms with Crippen molar-refractivity contribution < 1.29 is 4.79 Å². The summed E-state index contributed by atoms with van der Waals surface area (Å²) in [5, 5.41) is 13.4. The molecule has 0 radical (unpaired) electrons. The van der Waals surface area contributed by atoms with Crippen LogP contribution in [0.5, 0.6) is 0 Å². The Hall–Kier alpha value is -2.08. The van der Waals surface area contributed by atoms with Crippen molar-refractivity contribution in [1.29, 1.82) is 0 Å². The molecule has 0 spiro atoms. The zero-order chi connectivity index (χ0) is 10.7. The molecule has 0 saturated heterocycles. The number of carbonyl (C=O) groups excluding carboxylic acids is 1. The van der Waals surface area contributed by atoms with E-state index in [0.29, 0.717) is 11.4 Å². The second kappa shape index (κ2) is 3.97. The lowest BCUT2D eigenvalue weighted by atomic mass is 10.1. The Morgan fingerprint density at radius 3 is 3.00 bits per heavy atom. The average molecular weight is 203 g/mol. The molecule has 15 heavy (non-hydrogen) atoms. The van der Waals surface area contributed by atoms with Gasteiger partial charge < -0.3 is 5.73 Å². The summed E-state index contributed by atoms with van der Waals surface area (Å²) in [6, 6.07) is 6.96. The van der Waals surface area contributed by atoms with Gasteiger partial charge in [-0.2, -0.15) is 5.21 Å². The van der Waals surface area contributed by atoms with Crippen LogP contribution >= 0.6 is 0 Å². The Balaban J connectivity index is 2.39. The summed E-state index contributed by atoms with van der Waals surface area (Å²) < 4.78 is 0. The van der Waals surface area contributed by atoms with Gasteiger partial charge in [-0.25, -0.2) is 0 Å². The largest absolute Gasteiger partial charge is 0.324 e. The molecule has 6 nitrogen and oxygen atoms in total. The zero-order valence-corrected chi connectivity index (χ0v) is 7.84. The number of ketones is 1. The minimum atomic E-state index is -0.111. The molecule has 1 heterocycles. The van der Waals surface area contributed by atoms with E-state index in [-0.39, 0.29) is 12.3 Å². The van der Waals surface area contributed by atoms with Crippen LogP contribution in [0.1, 0.15) is 10.4 Å². The van der Waals surface area contributed by atoms with Gasteiger partial charge in [0.05, 0.1) is 6.54 Å². The number of aromatic nitrogens is 4. The third-order valence-corrected chi connectivity index (χ3v) is 1.97. The third-order valence-electron chi connectivity index (χ3n) is 1.97. The van der Waals surface area contributed by atoms with Gasteiger partial charge in [-0.15, -0.1) is 10.2 Å². The maximum atomic E-state index is 11.3. The molecule has 6 heteroatoms. The quantitative estimate of drug-likeness (QED) is 0.684. The highest BCUT2D eigenvalue weighted by molar-refractivity contribution is 5.98. The minimum Gasteiger partial charge on any atom is -0.324 e. The number of rotatable bonds is 3. The van der Waals surface area contributed by atoms with Crippen LogP contribution in [0.2, 0.25) is 0 Å². The first-order chi connectivity index (χ1) is 7.31. The van der Waals surface area contributed by atoms with Crippen molar-refractivity contribution in [3.8, 4) is 11.4 Å². The maximum Gasteiger partial charge on any atom is 0.204 e. The van der Waals surface area contributed by atoms with E-state index in [9.17, 15) is 4.79 Å². The van der Waals surface area contributed by atoms with Crippen LogP contribution in [0.3, 0.4) is 0 Å². The fourth-order valence-corrected chi connectivity index (χ4v) is 1.23. The molecule has 0 fully saturated rings. The van der Waals surface area contributed by atoms with Gasteiger partial charge in [0.15, 0.2) is 5.78 Å². The van der Waals surface area contributed by atoms with Crippen molar-refractivity contribution in [3.05, 3.63) is 29.8 Å². The summed E-state index contributed by atoms with van der Waals surface area (Å²) in [6.45, 7) is -0.00427. The second-order valence-corrected chi connectivity index (χ2v) is 2.94. The SMILES string of the molecule is NCC(=O)c1cccc(-c2nn[nH]n2)c1. The zero-order valence-electron chi connectivity index (χ0n) is 7.84. The monoisotopic (exact) mass is 203 g/mol. The molecule has 0 atom stereocenters. The van der Waals surface area contributed by atoms with Gasteiger partial charge in [0, 0.05) is 11.1 Å². The van der Waals surface area contributed by atoms with E-state index in [4.69, 9.17) is 5.73 Å². The van der Waals surface area contributed by atoms with Gasteiger partial charge >= 0.3 is 0 Å². The third kappa shape index (κ3) is 1.89. The number of tetrazole rings is 1. The molecule has 2 rings (SSSR count). The number of aromatic amines is 1. The molecule has 0 aliphatic rings. The molecular formula is C9H9N5O. The highest BCUT2D eigenvalue weighted by Gasteiger charge is 2.07. The number of nitrogens with zero attached hydrogens (tertiary/aromatic N) is 3. The van der Waals surface area contributed by atoms with Gasteiger partial charge in [0.25, 0.3) is 0 Å². The predicted molar refractivity (Wildman–Crippen MR) is 53.0 cm³/mol. The fraction of sp³-hybridized carbons (Fsp3) is 0.111. The lowest BCUT2D eigenvalue weighted by Gasteiger charge is -1.99. The summed E-state index contributed by atoms with van der Waals surface area (Å²) in [5.41, 5.74) is 6.57. The van der Waals surface area contributed by atoms with Crippen molar-refractivity contribution in [3.63, 3.8) is 0 Å². The van der Waals surface area contributed by atoms with Crippen LogP contribution in [0.15, 0.2) is 24.3 Å². The number of hydrogen-bond donors (Lipinski definition) is 2. The van der Waals surface area contributed by atoms with Crippen molar-refractivity contribution >= 4 is 5.78 Å². The van der Waals surface area contributed by atoms with Gasteiger partial charge in [-0.1, -0.05) is 18.2 Å². The molecule has 0 amide bonds. The molecule has 1 aromatic heterocycles. The molecule has 0 bridgehead atoms. The molecule has 76 valence electrons. The smallest absolute Gasteiger partial charge is 0.204 e. The molecule has 0 saturated carbocycles. The first kappa shape index (κ1) is 9.47. The number of hydrogen-bond acceptors (Lipinski definition) is 5. The Labute approximate surface area is 85.5 Å². The molecule has 1 aromatic carbocycles. The number of H-pyrrole nitrogens is 1. The van der Waals surface area contributed by atoms with Crippen LogP contribution in [0.4, 0.5) is 0 Å². The molecule has 2 aromatic rings. The summed E-state index contributed by atoms with van der Waals surface area (Å²) in [6.07, 6.45) is 0. The van der Waals surface area contributed by atoms with E-state index >= 15 is 0 Å². The van der Waals surface area contributed by atoms with Crippen LogP contribution in [-0.4, -0.2) is 33.0 Å². The summed E-state index contributed by atoms with van der Waals surface area (Å²) in [5.74, 6) is 0.349. The van der Waals surface area contributed by atoms with Crippen molar-refractivity contribution in [2.75, 3.05) is 6.54 Å².